The largest absolute Gasteiger partial charge is 0.380 e. The molecule has 1 N–H and O–H groups in total. The molecule has 0 aliphatic heterocycles. The first-order valence-corrected chi connectivity index (χ1v) is 10.0. The molecule has 0 aromatic carbocycles. The molecule has 1 aliphatic carbocycles. The van der Waals surface area contributed by atoms with Gasteiger partial charge in [0.05, 0.1) is 0 Å². The number of aliphatic hydroxyl groups is 1. The highest BCUT2D eigenvalue weighted by Crippen LogP contribution is 2.26. The first kappa shape index (κ1) is 19.6. The molecule has 1 aliphatic rings. The number of aliphatic hydroxyl groups excluding tert-OH is 1. The molecule has 1 fully saturated rings. The SMILES string of the molecule is CCCCCCCCCCCCC#CC(O)C1CCCCC1. The number of hydrogen-bond acceptors (Lipinski definition) is 1. The van der Waals surface area contributed by atoms with Gasteiger partial charge in [0.15, 0.2) is 0 Å². The third-order valence-corrected chi connectivity index (χ3v) is 5.00. The summed E-state index contributed by atoms with van der Waals surface area (Å²) in [5.74, 6) is 6.75. The zero-order valence-electron chi connectivity index (χ0n) is 14.9. The summed E-state index contributed by atoms with van der Waals surface area (Å²) in [5, 5.41) is 10.1. The summed E-state index contributed by atoms with van der Waals surface area (Å²) in [6, 6.07) is 0. The van der Waals surface area contributed by atoms with Crippen LogP contribution in [0.5, 0.6) is 0 Å². The van der Waals surface area contributed by atoms with Gasteiger partial charge in [-0.3, -0.25) is 0 Å². The monoisotopic (exact) mass is 306 g/mol. The first-order valence-electron chi connectivity index (χ1n) is 10.0. The molecule has 0 radical (unpaired) electrons. The van der Waals surface area contributed by atoms with Crippen LogP contribution in [0.25, 0.3) is 0 Å². The Labute approximate surface area is 139 Å². The lowest BCUT2D eigenvalue weighted by Gasteiger charge is -2.23. The molecule has 1 rings (SSSR count). The molecule has 128 valence electrons. The fourth-order valence-electron chi connectivity index (χ4n) is 3.45. The second-order valence-corrected chi connectivity index (χ2v) is 7.10. The van der Waals surface area contributed by atoms with E-state index < -0.39 is 0 Å². The second-order valence-electron chi connectivity index (χ2n) is 7.10. The molecule has 1 unspecified atom stereocenters. The molecular formula is C21H38O. The Morgan fingerprint density at radius 3 is 1.95 bits per heavy atom. The molecule has 0 spiro atoms. The molecule has 1 atom stereocenters. The van der Waals surface area contributed by atoms with Gasteiger partial charge in [-0.1, -0.05) is 89.9 Å². The van der Waals surface area contributed by atoms with Crippen molar-refractivity contribution in [2.24, 2.45) is 5.92 Å². The maximum Gasteiger partial charge on any atom is 0.117 e. The molecule has 1 nitrogen and oxygen atoms in total. The Morgan fingerprint density at radius 2 is 1.36 bits per heavy atom. The van der Waals surface area contributed by atoms with Crippen molar-refractivity contribution in [2.45, 2.75) is 116 Å². The van der Waals surface area contributed by atoms with Gasteiger partial charge in [0.1, 0.15) is 6.10 Å². The van der Waals surface area contributed by atoms with Gasteiger partial charge < -0.3 is 5.11 Å². The maximum atomic E-state index is 10.1. The topological polar surface area (TPSA) is 20.2 Å². The summed E-state index contributed by atoms with van der Waals surface area (Å²) >= 11 is 0. The normalized spacial score (nSPS) is 17.0. The van der Waals surface area contributed by atoms with Crippen LogP contribution in [-0.4, -0.2) is 11.2 Å². The fraction of sp³-hybridized carbons (Fsp3) is 0.905. The van der Waals surface area contributed by atoms with Crippen LogP contribution in [-0.2, 0) is 0 Å². The van der Waals surface area contributed by atoms with Crippen molar-refractivity contribution in [3.05, 3.63) is 0 Å². The summed E-state index contributed by atoms with van der Waals surface area (Å²) in [4.78, 5) is 0. The lowest BCUT2D eigenvalue weighted by atomic mass is 9.85. The van der Waals surface area contributed by atoms with E-state index in [0.29, 0.717) is 5.92 Å². The number of hydrogen-bond donors (Lipinski definition) is 1. The van der Waals surface area contributed by atoms with E-state index in [2.05, 4.69) is 18.8 Å². The second kappa shape index (κ2) is 14.1. The third kappa shape index (κ3) is 10.3. The Bertz CT molecular complexity index is 293. The van der Waals surface area contributed by atoms with Gasteiger partial charge in [-0.2, -0.15) is 0 Å². The van der Waals surface area contributed by atoms with Gasteiger partial charge in [-0.25, -0.2) is 0 Å². The van der Waals surface area contributed by atoms with E-state index in [1.165, 1.54) is 96.3 Å². The van der Waals surface area contributed by atoms with Crippen LogP contribution in [0.4, 0.5) is 0 Å². The van der Waals surface area contributed by atoms with E-state index in [0.717, 1.165) is 6.42 Å². The van der Waals surface area contributed by atoms with Crippen molar-refractivity contribution in [3.63, 3.8) is 0 Å². The maximum absolute atomic E-state index is 10.1. The van der Waals surface area contributed by atoms with Gasteiger partial charge in [0.2, 0.25) is 0 Å². The highest BCUT2D eigenvalue weighted by Gasteiger charge is 2.19. The van der Waals surface area contributed by atoms with Crippen molar-refractivity contribution >= 4 is 0 Å². The summed E-state index contributed by atoms with van der Waals surface area (Å²) in [5.41, 5.74) is 0. The molecule has 0 aromatic rings. The van der Waals surface area contributed by atoms with Gasteiger partial charge in [-0.05, 0) is 25.2 Å². The van der Waals surface area contributed by atoms with Gasteiger partial charge >= 0.3 is 0 Å². The van der Waals surface area contributed by atoms with Crippen molar-refractivity contribution < 1.29 is 5.11 Å². The zero-order chi connectivity index (χ0) is 15.9. The predicted octanol–water partition coefficient (Wildman–Crippen LogP) is 6.24. The number of rotatable bonds is 11. The molecular weight excluding hydrogens is 268 g/mol. The minimum atomic E-state index is -0.358. The highest BCUT2D eigenvalue weighted by molar-refractivity contribution is 5.06. The van der Waals surface area contributed by atoms with Crippen molar-refractivity contribution in [1.29, 1.82) is 0 Å². The minimum absolute atomic E-state index is 0.358. The van der Waals surface area contributed by atoms with Crippen LogP contribution < -0.4 is 0 Å². The van der Waals surface area contributed by atoms with Gasteiger partial charge in [0, 0.05) is 6.42 Å². The minimum Gasteiger partial charge on any atom is -0.380 e. The molecule has 0 aromatic heterocycles. The lowest BCUT2D eigenvalue weighted by Crippen LogP contribution is -2.21. The van der Waals surface area contributed by atoms with E-state index in [9.17, 15) is 5.11 Å². The smallest absolute Gasteiger partial charge is 0.117 e. The molecule has 1 saturated carbocycles. The molecule has 0 amide bonds. The lowest BCUT2D eigenvalue weighted by molar-refractivity contribution is 0.133. The summed E-state index contributed by atoms with van der Waals surface area (Å²) in [6.07, 6.45) is 20.6. The number of unbranched alkanes of at least 4 members (excludes halogenated alkanes) is 10. The highest BCUT2D eigenvalue weighted by atomic mass is 16.3. The molecule has 0 bridgehead atoms. The van der Waals surface area contributed by atoms with Crippen LogP contribution in [0, 0.1) is 17.8 Å². The van der Waals surface area contributed by atoms with Crippen LogP contribution in [0.3, 0.4) is 0 Å². The van der Waals surface area contributed by atoms with E-state index >= 15 is 0 Å². The van der Waals surface area contributed by atoms with E-state index in [4.69, 9.17) is 0 Å². The van der Waals surface area contributed by atoms with Gasteiger partial charge in [0.25, 0.3) is 0 Å². The van der Waals surface area contributed by atoms with E-state index in [1.807, 2.05) is 0 Å². The van der Waals surface area contributed by atoms with Crippen LogP contribution in [0.15, 0.2) is 0 Å². The Kier molecular flexibility index (Phi) is 12.6. The summed E-state index contributed by atoms with van der Waals surface area (Å²) in [6.45, 7) is 2.27. The Balaban J connectivity index is 1.87. The summed E-state index contributed by atoms with van der Waals surface area (Å²) in [7, 11) is 0. The fourth-order valence-corrected chi connectivity index (χ4v) is 3.45. The summed E-state index contributed by atoms with van der Waals surface area (Å²) < 4.78 is 0. The zero-order valence-corrected chi connectivity index (χ0v) is 14.9. The first-order chi connectivity index (χ1) is 10.8. The average Bonchev–Trinajstić information content (AvgIpc) is 2.56. The van der Waals surface area contributed by atoms with E-state index in [-0.39, 0.29) is 6.10 Å². The molecule has 0 heterocycles. The molecule has 22 heavy (non-hydrogen) atoms. The standard InChI is InChI=1S/C21H38O/c1-2-3-4-5-6-7-8-9-10-11-12-16-19-21(22)20-17-14-13-15-18-20/h20-22H,2-15,17-18H2,1H3. The molecule has 1 heteroatoms. The van der Waals surface area contributed by atoms with Crippen molar-refractivity contribution in [2.75, 3.05) is 0 Å². The quantitative estimate of drug-likeness (QED) is 0.354. The van der Waals surface area contributed by atoms with Crippen LogP contribution in [0.1, 0.15) is 110 Å². The van der Waals surface area contributed by atoms with Crippen molar-refractivity contribution in [3.8, 4) is 11.8 Å². The van der Waals surface area contributed by atoms with E-state index in [1.54, 1.807) is 0 Å². The van der Waals surface area contributed by atoms with Crippen molar-refractivity contribution in [1.82, 2.24) is 0 Å². The average molecular weight is 307 g/mol. The predicted molar refractivity (Wildman–Crippen MR) is 96.8 cm³/mol. The van der Waals surface area contributed by atoms with Crippen LogP contribution >= 0.6 is 0 Å². The third-order valence-electron chi connectivity index (χ3n) is 5.00. The van der Waals surface area contributed by atoms with Crippen LogP contribution in [0.2, 0.25) is 0 Å². The Morgan fingerprint density at radius 1 is 0.818 bits per heavy atom. The van der Waals surface area contributed by atoms with Gasteiger partial charge in [-0.15, -0.1) is 5.92 Å². The Hall–Kier alpha value is -0.480. The molecule has 0 saturated heterocycles.